The molecule has 5 heteroatoms. The van der Waals surface area contributed by atoms with Crippen LogP contribution in [0.4, 0.5) is 0 Å². The van der Waals surface area contributed by atoms with Gasteiger partial charge in [0.25, 0.3) is 0 Å². The number of nitrogens with zero attached hydrogens (tertiary/aromatic N) is 2. The van der Waals surface area contributed by atoms with Crippen LogP contribution in [0.15, 0.2) is 48.8 Å². The average molecular weight is 300 g/mol. The maximum Gasteiger partial charge on any atom is 0.234 e. The highest BCUT2D eigenvalue weighted by Gasteiger charge is 2.32. The molecule has 0 unspecified atom stereocenters. The number of pyridine rings is 1. The third kappa shape index (κ3) is 3.03. The fourth-order valence-electron chi connectivity index (χ4n) is 2.36. The third-order valence-electron chi connectivity index (χ3n) is 3.47. The lowest BCUT2D eigenvalue weighted by molar-refractivity contribution is -0.128. The van der Waals surface area contributed by atoms with Gasteiger partial charge in [-0.2, -0.15) is 0 Å². The summed E-state index contributed by atoms with van der Waals surface area (Å²) >= 11 is 1.66. The number of methoxy groups -OCH3 is 1. The molecule has 1 atom stereocenters. The number of hydrogen-bond acceptors (Lipinski definition) is 4. The molecule has 1 amide bonds. The summed E-state index contributed by atoms with van der Waals surface area (Å²) in [6.45, 7) is 0.614. The molecule has 1 aliphatic rings. The SMILES string of the molecule is COc1ccc(CN2C(=O)CS[C@H]2c2ccncc2)cc1. The van der Waals surface area contributed by atoms with Gasteiger partial charge in [-0.15, -0.1) is 11.8 Å². The Labute approximate surface area is 128 Å². The van der Waals surface area contributed by atoms with Crippen LogP contribution in [0.1, 0.15) is 16.5 Å². The second-order valence-corrected chi connectivity index (χ2v) is 5.88. The Bertz CT molecular complexity index is 616. The summed E-state index contributed by atoms with van der Waals surface area (Å²) in [5.41, 5.74) is 2.22. The highest BCUT2D eigenvalue weighted by molar-refractivity contribution is 8.00. The van der Waals surface area contributed by atoms with Gasteiger partial charge in [0.2, 0.25) is 5.91 Å². The van der Waals surface area contributed by atoms with E-state index < -0.39 is 0 Å². The number of amides is 1. The molecule has 1 fully saturated rings. The number of hydrogen-bond donors (Lipinski definition) is 0. The zero-order chi connectivity index (χ0) is 14.7. The maximum atomic E-state index is 12.2. The van der Waals surface area contributed by atoms with Gasteiger partial charge in [0, 0.05) is 18.9 Å². The van der Waals surface area contributed by atoms with Crippen LogP contribution in [0.2, 0.25) is 0 Å². The van der Waals surface area contributed by atoms with Crippen molar-refractivity contribution in [3.63, 3.8) is 0 Å². The molecule has 2 aromatic rings. The number of rotatable bonds is 4. The summed E-state index contributed by atoms with van der Waals surface area (Å²) in [5.74, 6) is 1.53. The molecule has 0 aliphatic carbocycles. The minimum atomic E-state index is 0.0719. The number of ether oxygens (including phenoxy) is 1. The van der Waals surface area contributed by atoms with Gasteiger partial charge in [-0.1, -0.05) is 12.1 Å². The number of benzene rings is 1. The molecule has 0 radical (unpaired) electrons. The van der Waals surface area contributed by atoms with Crippen molar-refractivity contribution < 1.29 is 9.53 Å². The first-order chi connectivity index (χ1) is 10.3. The first-order valence-electron chi connectivity index (χ1n) is 6.72. The topological polar surface area (TPSA) is 42.4 Å². The Hall–Kier alpha value is -2.01. The molecule has 0 spiro atoms. The average Bonchev–Trinajstić information content (AvgIpc) is 2.90. The van der Waals surface area contributed by atoms with E-state index in [1.807, 2.05) is 41.3 Å². The maximum absolute atomic E-state index is 12.2. The zero-order valence-electron chi connectivity index (χ0n) is 11.7. The van der Waals surface area contributed by atoms with E-state index in [1.54, 1.807) is 31.3 Å². The van der Waals surface area contributed by atoms with Gasteiger partial charge >= 0.3 is 0 Å². The smallest absolute Gasteiger partial charge is 0.234 e. The number of aromatic nitrogens is 1. The summed E-state index contributed by atoms with van der Waals surface area (Å²) in [6, 6.07) is 11.8. The van der Waals surface area contributed by atoms with E-state index >= 15 is 0 Å². The van der Waals surface area contributed by atoms with E-state index in [4.69, 9.17) is 4.74 Å². The zero-order valence-corrected chi connectivity index (χ0v) is 12.5. The van der Waals surface area contributed by atoms with Crippen molar-refractivity contribution in [2.75, 3.05) is 12.9 Å². The second-order valence-electron chi connectivity index (χ2n) is 4.81. The Morgan fingerprint density at radius 2 is 1.95 bits per heavy atom. The summed E-state index contributed by atoms with van der Waals surface area (Å²) in [5, 5.41) is 0.0719. The van der Waals surface area contributed by atoms with Crippen molar-refractivity contribution in [2.24, 2.45) is 0 Å². The minimum absolute atomic E-state index is 0.0719. The molecule has 1 aliphatic heterocycles. The van der Waals surface area contributed by atoms with E-state index in [0.29, 0.717) is 12.3 Å². The van der Waals surface area contributed by atoms with Crippen LogP contribution in [0.3, 0.4) is 0 Å². The van der Waals surface area contributed by atoms with Crippen LogP contribution in [0, 0.1) is 0 Å². The standard InChI is InChI=1S/C16H16N2O2S/c1-20-14-4-2-12(3-5-14)10-18-15(19)11-21-16(18)13-6-8-17-9-7-13/h2-9,16H,10-11H2,1H3/t16-/m0/s1. The van der Waals surface area contributed by atoms with Crippen molar-refractivity contribution in [3.05, 3.63) is 59.9 Å². The molecule has 1 saturated heterocycles. The van der Waals surface area contributed by atoms with E-state index in [2.05, 4.69) is 4.98 Å². The van der Waals surface area contributed by atoms with Crippen molar-refractivity contribution in [2.45, 2.75) is 11.9 Å². The van der Waals surface area contributed by atoms with Crippen LogP contribution in [0.25, 0.3) is 0 Å². The van der Waals surface area contributed by atoms with Crippen LogP contribution < -0.4 is 4.74 Å². The molecule has 2 heterocycles. The van der Waals surface area contributed by atoms with E-state index in [-0.39, 0.29) is 11.3 Å². The molecule has 0 bridgehead atoms. The van der Waals surface area contributed by atoms with Gasteiger partial charge < -0.3 is 9.64 Å². The Morgan fingerprint density at radius 1 is 1.24 bits per heavy atom. The van der Waals surface area contributed by atoms with Gasteiger partial charge in [0.15, 0.2) is 0 Å². The fraction of sp³-hybridized carbons (Fsp3) is 0.250. The van der Waals surface area contributed by atoms with Crippen molar-refractivity contribution in [1.82, 2.24) is 9.88 Å². The summed E-state index contributed by atoms with van der Waals surface area (Å²) < 4.78 is 5.16. The first kappa shape index (κ1) is 13.9. The highest BCUT2D eigenvalue weighted by Crippen LogP contribution is 2.39. The molecule has 21 heavy (non-hydrogen) atoms. The van der Waals surface area contributed by atoms with Crippen LogP contribution in [0.5, 0.6) is 5.75 Å². The van der Waals surface area contributed by atoms with Gasteiger partial charge in [0.05, 0.1) is 12.9 Å². The molecule has 4 nitrogen and oxygen atoms in total. The van der Waals surface area contributed by atoms with E-state index in [9.17, 15) is 4.79 Å². The van der Waals surface area contributed by atoms with Crippen LogP contribution >= 0.6 is 11.8 Å². The molecule has 1 aromatic heterocycles. The van der Waals surface area contributed by atoms with Crippen molar-refractivity contribution in [3.8, 4) is 5.75 Å². The number of thioether (sulfide) groups is 1. The Kier molecular flexibility index (Phi) is 4.10. The second kappa shape index (κ2) is 6.18. The Morgan fingerprint density at radius 3 is 2.62 bits per heavy atom. The predicted octanol–water partition coefficient (Wildman–Crippen LogP) is 2.86. The van der Waals surface area contributed by atoms with Crippen LogP contribution in [-0.2, 0) is 11.3 Å². The van der Waals surface area contributed by atoms with Crippen molar-refractivity contribution >= 4 is 17.7 Å². The van der Waals surface area contributed by atoms with Gasteiger partial charge in [-0.3, -0.25) is 9.78 Å². The largest absolute Gasteiger partial charge is 0.497 e. The van der Waals surface area contributed by atoms with Gasteiger partial charge in [0.1, 0.15) is 11.1 Å². The normalized spacial score (nSPS) is 18.0. The molecule has 0 saturated carbocycles. The monoisotopic (exact) mass is 300 g/mol. The summed E-state index contributed by atoms with van der Waals surface area (Å²) in [4.78, 5) is 18.1. The molecule has 1 aromatic carbocycles. The lowest BCUT2D eigenvalue weighted by atomic mass is 10.2. The fourth-order valence-corrected chi connectivity index (χ4v) is 3.54. The molecular formula is C16H16N2O2S. The molecule has 3 rings (SSSR count). The Balaban J connectivity index is 1.79. The predicted molar refractivity (Wildman–Crippen MR) is 83.0 cm³/mol. The van der Waals surface area contributed by atoms with E-state index in [0.717, 1.165) is 16.9 Å². The minimum Gasteiger partial charge on any atom is -0.497 e. The van der Waals surface area contributed by atoms with Crippen molar-refractivity contribution in [1.29, 1.82) is 0 Å². The van der Waals surface area contributed by atoms with Gasteiger partial charge in [-0.05, 0) is 35.4 Å². The lowest BCUT2D eigenvalue weighted by Gasteiger charge is -2.24. The van der Waals surface area contributed by atoms with E-state index in [1.165, 1.54) is 0 Å². The van der Waals surface area contributed by atoms with Gasteiger partial charge in [-0.25, -0.2) is 0 Å². The molecule has 0 N–H and O–H groups in total. The highest BCUT2D eigenvalue weighted by atomic mass is 32.2. The number of carbonyl (C=O) groups is 1. The third-order valence-corrected chi connectivity index (χ3v) is 4.73. The quantitative estimate of drug-likeness (QED) is 0.871. The molecular weight excluding hydrogens is 284 g/mol. The molecule has 108 valence electrons. The first-order valence-corrected chi connectivity index (χ1v) is 7.77. The summed E-state index contributed by atoms with van der Waals surface area (Å²) in [7, 11) is 1.65. The number of carbonyl (C=O) groups excluding carboxylic acids is 1. The van der Waals surface area contributed by atoms with Crippen LogP contribution in [-0.4, -0.2) is 28.7 Å². The summed E-state index contributed by atoms with van der Waals surface area (Å²) in [6.07, 6.45) is 3.54. The lowest BCUT2D eigenvalue weighted by Crippen LogP contribution is -2.27.